The van der Waals surface area contributed by atoms with E-state index in [2.05, 4.69) is 15.3 Å². The molecule has 2 aliphatic rings. The molecular formula is C13H18N4O. The second-order valence-electron chi connectivity index (χ2n) is 5.10. The van der Waals surface area contributed by atoms with E-state index in [9.17, 15) is 4.79 Å². The van der Waals surface area contributed by atoms with Gasteiger partial charge in [-0.25, -0.2) is 14.8 Å². The van der Waals surface area contributed by atoms with Crippen LogP contribution in [-0.2, 0) is 13.0 Å². The molecule has 1 aliphatic carbocycles. The Morgan fingerprint density at radius 3 is 3.06 bits per heavy atom. The number of rotatable bonds is 1. The van der Waals surface area contributed by atoms with Crippen molar-refractivity contribution in [3.05, 3.63) is 23.8 Å². The van der Waals surface area contributed by atoms with Crippen molar-refractivity contribution in [3.8, 4) is 0 Å². The minimum atomic E-state index is 0.0661. The summed E-state index contributed by atoms with van der Waals surface area (Å²) in [7, 11) is 0. The summed E-state index contributed by atoms with van der Waals surface area (Å²) in [5.74, 6) is 0. The van der Waals surface area contributed by atoms with Gasteiger partial charge in [0.15, 0.2) is 0 Å². The van der Waals surface area contributed by atoms with Crippen molar-refractivity contribution in [1.82, 2.24) is 20.2 Å². The lowest BCUT2D eigenvalue weighted by molar-refractivity contribution is 0.188. The van der Waals surface area contributed by atoms with Crippen molar-refractivity contribution < 1.29 is 4.79 Å². The van der Waals surface area contributed by atoms with Crippen molar-refractivity contribution >= 4 is 6.03 Å². The van der Waals surface area contributed by atoms with Crippen LogP contribution in [0.4, 0.5) is 4.79 Å². The van der Waals surface area contributed by atoms with Gasteiger partial charge in [0.2, 0.25) is 0 Å². The molecule has 1 fully saturated rings. The van der Waals surface area contributed by atoms with Gasteiger partial charge >= 0.3 is 6.03 Å². The average Bonchev–Trinajstić information content (AvgIpc) is 2.91. The van der Waals surface area contributed by atoms with Gasteiger partial charge in [-0.1, -0.05) is 12.8 Å². The summed E-state index contributed by atoms with van der Waals surface area (Å²) in [5, 5.41) is 3.13. The molecule has 96 valence electrons. The highest BCUT2D eigenvalue weighted by molar-refractivity contribution is 5.74. The predicted octanol–water partition coefficient (Wildman–Crippen LogP) is 1.49. The van der Waals surface area contributed by atoms with E-state index in [1.165, 1.54) is 12.8 Å². The number of nitrogens with one attached hydrogen (secondary N) is 1. The molecule has 18 heavy (non-hydrogen) atoms. The van der Waals surface area contributed by atoms with Gasteiger partial charge in [0.1, 0.15) is 6.33 Å². The molecule has 1 aromatic rings. The third-order valence-electron chi connectivity index (χ3n) is 3.83. The summed E-state index contributed by atoms with van der Waals surface area (Å²) in [6.45, 7) is 1.39. The summed E-state index contributed by atoms with van der Waals surface area (Å²) >= 11 is 0. The van der Waals surface area contributed by atoms with Crippen LogP contribution in [0.5, 0.6) is 0 Å². The summed E-state index contributed by atoms with van der Waals surface area (Å²) in [6.07, 6.45) is 8.95. The first kappa shape index (κ1) is 11.4. The lowest BCUT2D eigenvalue weighted by Crippen LogP contribution is -2.46. The van der Waals surface area contributed by atoms with Crippen LogP contribution in [0.25, 0.3) is 0 Å². The molecule has 1 N–H and O–H groups in total. The van der Waals surface area contributed by atoms with Gasteiger partial charge in [0.05, 0.1) is 12.2 Å². The fraction of sp³-hybridized carbons (Fsp3) is 0.615. The normalized spacial score (nSPS) is 19.7. The molecule has 0 bridgehead atoms. The van der Waals surface area contributed by atoms with Crippen LogP contribution in [0.1, 0.15) is 36.9 Å². The third kappa shape index (κ3) is 2.30. The van der Waals surface area contributed by atoms with Gasteiger partial charge in [0, 0.05) is 30.8 Å². The fourth-order valence-corrected chi connectivity index (χ4v) is 2.78. The van der Waals surface area contributed by atoms with Gasteiger partial charge < -0.3 is 10.2 Å². The first-order chi connectivity index (χ1) is 8.83. The van der Waals surface area contributed by atoms with E-state index in [0.29, 0.717) is 12.6 Å². The topological polar surface area (TPSA) is 58.1 Å². The summed E-state index contributed by atoms with van der Waals surface area (Å²) in [4.78, 5) is 22.3. The molecule has 3 rings (SSSR count). The van der Waals surface area contributed by atoms with Gasteiger partial charge in [-0.2, -0.15) is 0 Å². The van der Waals surface area contributed by atoms with E-state index in [1.54, 1.807) is 6.33 Å². The van der Waals surface area contributed by atoms with Gasteiger partial charge in [-0.05, 0) is 12.8 Å². The number of hydrogen-bond donors (Lipinski definition) is 1. The van der Waals surface area contributed by atoms with Crippen LogP contribution < -0.4 is 5.32 Å². The number of carbonyl (C=O) groups excluding carboxylic acids is 1. The highest BCUT2D eigenvalue weighted by atomic mass is 16.2. The molecule has 1 aromatic heterocycles. The number of urea groups is 1. The van der Waals surface area contributed by atoms with E-state index >= 15 is 0 Å². The minimum Gasteiger partial charge on any atom is -0.335 e. The molecule has 0 aromatic carbocycles. The molecule has 1 saturated carbocycles. The first-order valence-electron chi connectivity index (χ1n) is 6.66. The Morgan fingerprint density at radius 2 is 2.22 bits per heavy atom. The molecule has 0 spiro atoms. The summed E-state index contributed by atoms with van der Waals surface area (Å²) in [6, 6.07) is 0.447. The highest BCUT2D eigenvalue weighted by Gasteiger charge is 2.24. The Bertz CT molecular complexity index is 442. The second kappa shape index (κ2) is 4.92. The zero-order valence-corrected chi connectivity index (χ0v) is 10.4. The van der Waals surface area contributed by atoms with Crippen LogP contribution in [0.15, 0.2) is 12.5 Å². The number of nitrogens with zero attached hydrogens (tertiary/aromatic N) is 3. The Hall–Kier alpha value is -1.65. The Labute approximate surface area is 107 Å². The quantitative estimate of drug-likeness (QED) is 0.816. The Kier molecular flexibility index (Phi) is 3.13. The van der Waals surface area contributed by atoms with Gasteiger partial charge in [-0.3, -0.25) is 0 Å². The monoisotopic (exact) mass is 246 g/mol. The maximum atomic E-state index is 12.1. The number of hydrogen-bond acceptors (Lipinski definition) is 3. The van der Waals surface area contributed by atoms with Gasteiger partial charge in [0.25, 0.3) is 0 Å². The van der Waals surface area contributed by atoms with E-state index in [-0.39, 0.29) is 6.03 Å². The van der Waals surface area contributed by atoms with E-state index in [4.69, 9.17) is 0 Å². The van der Waals surface area contributed by atoms with E-state index in [1.807, 2.05) is 11.1 Å². The van der Waals surface area contributed by atoms with Crippen molar-refractivity contribution in [2.24, 2.45) is 0 Å². The fourth-order valence-electron chi connectivity index (χ4n) is 2.78. The molecule has 5 nitrogen and oxygen atoms in total. The summed E-state index contributed by atoms with van der Waals surface area (Å²) in [5.41, 5.74) is 2.15. The van der Waals surface area contributed by atoms with Crippen molar-refractivity contribution in [2.75, 3.05) is 6.54 Å². The van der Waals surface area contributed by atoms with E-state index < -0.39 is 0 Å². The molecule has 0 unspecified atom stereocenters. The number of aromatic nitrogens is 2. The molecule has 5 heteroatoms. The number of fused-ring (bicyclic) bond motifs is 1. The smallest absolute Gasteiger partial charge is 0.317 e. The highest BCUT2D eigenvalue weighted by Crippen LogP contribution is 2.19. The van der Waals surface area contributed by atoms with Crippen LogP contribution >= 0.6 is 0 Å². The predicted molar refractivity (Wildman–Crippen MR) is 66.9 cm³/mol. The Morgan fingerprint density at radius 1 is 1.39 bits per heavy atom. The van der Waals surface area contributed by atoms with Crippen LogP contribution in [-0.4, -0.2) is 33.5 Å². The largest absolute Gasteiger partial charge is 0.335 e. The van der Waals surface area contributed by atoms with Crippen molar-refractivity contribution in [2.45, 2.75) is 44.7 Å². The zero-order chi connectivity index (χ0) is 12.4. The maximum Gasteiger partial charge on any atom is 0.317 e. The third-order valence-corrected chi connectivity index (χ3v) is 3.83. The zero-order valence-electron chi connectivity index (χ0n) is 10.4. The van der Waals surface area contributed by atoms with Crippen molar-refractivity contribution in [1.29, 1.82) is 0 Å². The lowest BCUT2D eigenvalue weighted by atomic mass is 10.1. The molecule has 0 radical (unpaired) electrons. The van der Waals surface area contributed by atoms with Gasteiger partial charge in [-0.15, -0.1) is 0 Å². The molecule has 1 aliphatic heterocycles. The van der Waals surface area contributed by atoms with E-state index in [0.717, 1.165) is 37.1 Å². The Balaban J connectivity index is 1.62. The van der Waals surface area contributed by atoms with Crippen molar-refractivity contribution in [3.63, 3.8) is 0 Å². The van der Waals surface area contributed by atoms with Crippen LogP contribution in [0.3, 0.4) is 0 Å². The maximum absolute atomic E-state index is 12.1. The minimum absolute atomic E-state index is 0.0661. The number of carbonyl (C=O) groups is 1. The first-order valence-corrected chi connectivity index (χ1v) is 6.66. The lowest BCUT2D eigenvalue weighted by Gasteiger charge is -2.29. The standard InChI is InChI=1S/C13H18N4O/c18-13(16-11-3-1-2-4-11)17-6-5-12-10(8-17)7-14-9-15-12/h7,9,11H,1-6,8H2,(H,16,18). The molecular weight excluding hydrogens is 228 g/mol. The SMILES string of the molecule is O=C(NC1CCCC1)N1CCc2ncncc2C1. The average molecular weight is 246 g/mol. The van der Waals surface area contributed by atoms with Crippen LogP contribution in [0, 0.1) is 0 Å². The molecule has 0 saturated heterocycles. The molecule has 0 atom stereocenters. The molecule has 2 heterocycles. The summed E-state index contributed by atoms with van der Waals surface area (Å²) < 4.78 is 0. The van der Waals surface area contributed by atoms with Crippen LogP contribution in [0.2, 0.25) is 0 Å². The second-order valence-corrected chi connectivity index (χ2v) is 5.10. The number of amides is 2. The molecule has 2 amide bonds.